The molecule has 2 aromatic carbocycles. The minimum Gasteiger partial charge on any atom is -0.497 e. The lowest BCUT2D eigenvalue weighted by atomic mass is 10.0. The number of fused-ring (bicyclic) bond motifs is 1. The lowest BCUT2D eigenvalue weighted by Crippen LogP contribution is -2.39. The SMILES string of the molecule is COc1ccc(N2C(=O)[C@H]3N=NN(Cc4ccc(C(C)C)cc4)[C@H]3C2=O)cc1. The molecule has 2 atom stereocenters. The number of amides is 2. The maximum Gasteiger partial charge on any atom is 0.263 e. The Hall–Kier alpha value is -3.22. The zero-order chi connectivity index (χ0) is 19.8. The smallest absolute Gasteiger partial charge is 0.263 e. The third kappa shape index (κ3) is 3.02. The van der Waals surface area contributed by atoms with Crippen molar-refractivity contribution in [3.05, 3.63) is 59.7 Å². The lowest BCUT2D eigenvalue weighted by molar-refractivity contribution is -0.123. The van der Waals surface area contributed by atoms with Crippen LogP contribution in [0.25, 0.3) is 0 Å². The second-order valence-electron chi connectivity index (χ2n) is 7.30. The van der Waals surface area contributed by atoms with Gasteiger partial charge in [-0.1, -0.05) is 43.3 Å². The van der Waals surface area contributed by atoms with Crippen LogP contribution in [-0.2, 0) is 16.1 Å². The average molecular weight is 378 g/mol. The number of hydrogen-bond donors (Lipinski definition) is 0. The van der Waals surface area contributed by atoms with Gasteiger partial charge in [-0.25, -0.2) is 4.90 Å². The molecule has 0 bridgehead atoms. The first-order chi connectivity index (χ1) is 13.5. The Morgan fingerprint density at radius 2 is 1.68 bits per heavy atom. The molecule has 0 aromatic heterocycles. The molecule has 0 unspecified atom stereocenters. The molecule has 0 spiro atoms. The van der Waals surface area contributed by atoms with Gasteiger partial charge in [0, 0.05) is 0 Å². The fourth-order valence-corrected chi connectivity index (χ4v) is 3.53. The third-order valence-electron chi connectivity index (χ3n) is 5.18. The number of carbonyl (C=O) groups is 2. The summed E-state index contributed by atoms with van der Waals surface area (Å²) < 4.78 is 5.14. The van der Waals surface area contributed by atoms with Crippen LogP contribution in [0.3, 0.4) is 0 Å². The van der Waals surface area contributed by atoms with Crippen molar-refractivity contribution in [3.8, 4) is 5.75 Å². The molecule has 0 saturated carbocycles. The summed E-state index contributed by atoms with van der Waals surface area (Å²) in [6.45, 7) is 4.72. The minimum atomic E-state index is -0.787. The molecular formula is C21H22N4O3. The minimum absolute atomic E-state index is 0.302. The van der Waals surface area contributed by atoms with Gasteiger partial charge in [-0.2, -0.15) is 5.11 Å². The van der Waals surface area contributed by atoms with E-state index in [4.69, 9.17) is 4.74 Å². The number of benzene rings is 2. The van der Waals surface area contributed by atoms with Crippen LogP contribution in [0.5, 0.6) is 5.75 Å². The van der Waals surface area contributed by atoms with E-state index in [9.17, 15) is 9.59 Å². The van der Waals surface area contributed by atoms with Crippen molar-refractivity contribution in [2.45, 2.75) is 38.4 Å². The van der Waals surface area contributed by atoms with E-state index in [0.29, 0.717) is 23.9 Å². The van der Waals surface area contributed by atoms with Gasteiger partial charge in [0.05, 0.1) is 19.3 Å². The summed E-state index contributed by atoms with van der Waals surface area (Å²) >= 11 is 0. The van der Waals surface area contributed by atoms with Crippen molar-refractivity contribution in [2.75, 3.05) is 12.0 Å². The molecule has 1 fully saturated rings. The van der Waals surface area contributed by atoms with E-state index >= 15 is 0 Å². The van der Waals surface area contributed by atoms with Crippen LogP contribution >= 0.6 is 0 Å². The molecule has 1 saturated heterocycles. The molecule has 7 heteroatoms. The van der Waals surface area contributed by atoms with E-state index in [2.05, 4.69) is 36.3 Å². The van der Waals surface area contributed by atoms with Gasteiger partial charge in [-0.05, 0) is 41.3 Å². The van der Waals surface area contributed by atoms with Gasteiger partial charge in [-0.15, -0.1) is 0 Å². The first-order valence-corrected chi connectivity index (χ1v) is 9.27. The first-order valence-electron chi connectivity index (χ1n) is 9.27. The van der Waals surface area contributed by atoms with Gasteiger partial charge >= 0.3 is 0 Å². The average Bonchev–Trinajstić information content (AvgIpc) is 3.22. The molecule has 28 heavy (non-hydrogen) atoms. The van der Waals surface area contributed by atoms with Crippen LogP contribution in [0, 0.1) is 0 Å². The molecule has 2 aliphatic rings. The summed E-state index contributed by atoms with van der Waals surface area (Å²) in [5.74, 6) is 0.469. The van der Waals surface area contributed by atoms with E-state index in [-0.39, 0.29) is 11.8 Å². The van der Waals surface area contributed by atoms with Crippen molar-refractivity contribution in [1.29, 1.82) is 0 Å². The number of methoxy groups -OCH3 is 1. The molecule has 4 rings (SSSR count). The summed E-state index contributed by atoms with van der Waals surface area (Å²) in [4.78, 5) is 27.0. The second kappa shape index (κ2) is 7.07. The van der Waals surface area contributed by atoms with Gasteiger partial charge in [-0.3, -0.25) is 14.6 Å². The van der Waals surface area contributed by atoms with E-state index in [1.807, 2.05) is 12.1 Å². The van der Waals surface area contributed by atoms with E-state index in [1.54, 1.807) is 36.4 Å². The first kappa shape index (κ1) is 18.2. The van der Waals surface area contributed by atoms with Crippen LogP contribution in [0.4, 0.5) is 5.69 Å². The van der Waals surface area contributed by atoms with Crippen LogP contribution in [0.15, 0.2) is 58.9 Å². The van der Waals surface area contributed by atoms with E-state index in [1.165, 1.54) is 10.5 Å². The fraction of sp³-hybridized carbons (Fsp3) is 0.333. The predicted molar refractivity (Wildman–Crippen MR) is 104 cm³/mol. The highest BCUT2D eigenvalue weighted by molar-refractivity contribution is 6.25. The Morgan fingerprint density at radius 1 is 1.00 bits per heavy atom. The monoisotopic (exact) mass is 378 g/mol. The molecule has 0 aliphatic carbocycles. The molecule has 144 valence electrons. The van der Waals surface area contributed by atoms with Crippen LogP contribution in [0.1, 0.15) is 30.9 Å². The van der Waals surface area contributed by atoms with Crippen molar-refractivity contribution in [2.24, 2.45) is 10.3 Å². The third-order valence-corrected chi connectivity index (χ3v) is 5.18. The molecule has 0 radical (unpaired) electrons. The number of hydrogen-bond acceptors (Lipinski definition) is 6. The Balaban J connectivity index is 1.54. The number of imide groups is 1. The molecule has 2 aromatic rings. The zero-order valence-corrected chi connectivity index (χ0v) is 16.1. The van der Waals surface area contributed by atoms with Gasteiger partial charge in [0.2, 0.25) is 0 Å². The molecule has 7 nitrogen and oxygen atoms in total. The molecular weight excluding hydrogens is 356 g/mol. The normalized spacial score (nSPS) is 21.0. The largest absolute Gasteiger partial charge is 0.497 e. The molecule has 2 aliphatic heterocycles. The van der Waals surface area contributed by atoms with Gasteiger partial charge < -0.3 is 4.74 Å². The summed E-state index contributed by atoms with van der Waals surface area (Å²) in [6, 6.07) is 13.6. The standard InChI is InChI=1S/C21H22N4O3/c1-13(2)15-6-4-14(5-7-15)12-24-19-18(22-23-24)20(26)25(21(19)27)16-8-10-17(28-3)11-9-16/h4-11,13,18-19H,12H2,1-3H3/t18-,19+/m0/s1. The van der Waals surface area contributed by atoms with Gasteiger partial charge in [0.15, 0.2) is 12.1 Å². The Kier molecular flexibility index (Phi) is 4.58. The van der Waals surface area contributed by atoms with Crippen molar-refractivity contribution in [1.82, 2.24) is 5.01 Å². The van der Waals surface area contributed by atoms with Crippen molar-refractivity contribution >= 4 is 17.5 Å². The highest BCUT2D eigenvalue weighted by atomic mass is 16.5. The van der Waals surface area contributed by atoms with E-state index in [0.717, 1.165) is 5.56 Å². The lowest BCUT2D eigenvalue weighted by Gasteiger charge is -2.21. The molecule has 0 N–H and O–H groups in total. The number of nitrogens with zero attached hydrogens (tertiary/aromatic N) is 4. The molecule has 2 amide bonds. The topological polar surface area (TPSA) is 74.6 Å². The van der Waals surface area contributed by atoms with Crippen LogP contribution in [0.2, 0.25) is 0 Å². The summed E-state index contributed by atoms with van der Waals surface area (Å²) in [6.07, 6.45) is 0. The maximum atomic E-state index is 13.0. The maximum absolute atomic E-state index is 13.0. The Bertz CT molecular complexity index is 922. The number of carbonyl (C=O) groups excluding carboxylic acids is 2. The highest BCUT2D eigenvalue weighted by Crippen LogP contribution is 2.33. The van der Waals surface area contributed by atoms with Crippen LogP contribution < -0.4 is 9.64 Å². The zero-order valence-electron chi connectivity index (χ0n) is 16.1. The van der Waals surface area contributed by atoms with E-state index < -0.39 is 12.1 Å². The highest BCUT2D eigenvalue weighted by Gasteiger charge is 2.54. The van der Waals surface area contributed by atoms with Gasteiger partial charge in [0.1, 0.15) is 5.75 Å². The predicted octanol–water partition coefficient (Wildman–Crippen LogP) is 3.31. The van der Waals surface area contributed by atoms with Crippen molar-refractivity contribution in [3.63, 3.8) is 0 Å². The number of rotatable bonds is 5. The number of anilines is 1. The van der Waals surface area contributed by atoms with Crippen LogP contribution in [-0.4, -0.2) is 36.0 Å². The summed E-state index contributed by atoms with van der Waals surface area (Å²) in [7, 11) is 1.57. The quantitative estimate of drug-likeness (QED) is 0.748. The second-order valence-corrected chi connectivity index (χ2v) is 7.30. The molecule has 2 heterocycles. The summed E-state index contributed by atoms with van der Waals surface area (Å²) in [5.41, 5.74) is 2.79. The fourth-order valence-electron chi connectivity index (χ4n) is 3.53. The Labute approximate surface area is 163 Å². The van der Waals surface area contributed by atoms with Gasteiger partial charge in [0.25, 0.3) is 11.8 Å². The summed E-state index contributed by atoms with van der Waals surface area (Å²) in [5, 5.41) is 9.79. The Morgan fingerprint density at radius 3 is 2.29 bits per heavy atom. The van der Waals surface area contributed by atoms with Crippen molar-refractivity contribution < 1.29 is 14.3 Å². The number of ether oxygens (including phenoxy) is 1.